The first-order valence-electron chi connectivity index (χ1n) is 11.3. The van der Waals surface area contributed by atoms with E-state index in [1.54, 1.807) is 39.5 Å². The fourth-order valence-electron chi connectivity index (χ4n) is 4.58. The number of Topliss-reactive ketones (excluding diaryl/α,β-unsaturated/α-hetero) is 1. The lowest BCUT2D eigenvalue weighted by Crippen LogP contribution is -2.32. The highest BCUT2D eigenvalue weighted by Gasteiger charge is 2.33. The van der Waals surface area contributed by atoms with Gasteiger partial charge in [-0.15, -0.1) is 0 Å². The highest BCUT2D eigenvalue weighted by molar-refractivity contribution is 6.15. The van der Waals surface area contributed by atoms with Crippen molar-refractivity contribution in [1.82, 2.24) is 4.90 Å². The van der Waals surface area contributed by atoms with Gasteiger partial charge in [0.1, 0.15) is 18.2 Å². The lowest BCUT2D eigenvalue weighted by atomic mass is 9.99. The third-order valence-corrected chi connectivity index (χ3v) is 6.24. The lowest BCUT2D eigenvalue weighted by molar-refractivity contribution is 0.0876. The second-order valence-corrected chi connectivity index (χ2v) is 8.51. The molecule has 0 N–H and O–H groups in total. The van der Waals surface area contributed by atoms with Crippen LogP contribution in [0, 0.1) is 6.92 Å². The van der Waals surface area contributed by atoms with Gasteiger partial charge in [0.15, 0.2) is 17.3 Å². The maximum atomic E-state index is 13.3. The summed E-state index contributed by atoms with van der Waals surface area (Å²) in [5.41, 5.74) is 4.27. The number of ketones is 1. The summed E-state index contributed by atoms with van der Waals surface area (Å²) in [7, 11) is 4.65. The number of methoxy groups -OCH3 is 3. The third-order valence-electron chi connectivity index (χ3n) is 6.24. The average Bonchev–Trinajstić information content (AvgIpc) is 3.19. The van der Waals surface area contributed by atoms with Crippen molar-refractivity contribution in [3.63, 3.8) is 0 Å². The Balaban J connectivity index is 1.44. The molecule has 0 saturated heterocycles. The fourth-order valence-corrected chi connectivity index (χ4v) is 4.58. The standard InChI is InChI=1S/C28H27NO6/c1-17-26-20(15-29(16-34-26)14-18-8-6-5-7-9-18)13-21-25(30)22(35-27(17)21)10-19-11-23(31-2)28(33-4)24(12-19)32-3/h5-13H,14-16H2,1-4H3/b22-10-. The third kappa shape index (κ3) is 4.19. The van der Waals surface area contributed by atoms with Crippen LogP contribution < -0.4 is 23.7 Å². The molecule has 0 saturated carbocycles. The van der Waals surface area contributed by atoms with E-state index in [-0.39, 0.29) is 11.5 Å². The van der Waals surface area contributed by atoms with E-state index in [2.05, 4.69) is 17.0 Å². The van der Waals surface area contributed by atoms with Gasteiger partial charge in [-0.05, 0) is 42.3 Å². The zero-order chi connectivity index (χ0) is 24.5. The molecular formula is C28H27NO6. The molecule has 7 nitrogen and oxygen atoms in total. The van der Waals surface area contributed by atoms with Crippen LogP contribution in [0.4, 0.5) is 0 Å². The smallest absolute Gasteiger partial charge is 0.231 e. The van der Waals surface area contributed by atoms with E-state index in [1.165, 1.54) is 5.56 Å². The van der Waals surface area contributed by atoms with Crippen LogP contribution in [-0.2, 0) is 13.1 Å². The molecule has 0 radical (unpaired) electrons. The van der Waals surface area contributed by atoms with E-state index < -0.39 is 0 Å². The summed E-state index contributed by atoms with van der Waals surface area (Å²) in [5.74, 6) is 2.89. The van der Waals surface area contributed by atoms with Crippen LogP contribution in [-0.4, -0.2) is 38.7 Å². The molecule has 2 aliphatic rings. The average molecular weight is 474 g/mol. The summed E-state index contributed by atoms with van der Waals surface area (Å²) < 4.78 is 28.4. The van der Waals surface area contributed by atoms with Crippen molar-refractivity contribution in [2.75, 3.05) is 28.1 Å². The summed E-state index contributed by atoms with van der Waals surface area (Å²) in [6, 6.07) is 15.7. The van der Waals surface area contributed by atoms with E-state index in [0.717, 1.165) is 23.4 Å². The first kappa shape index (κ1) is 22.8. The number of fused-ring (bicyclic) bond motifs is 2. The van der Waals surface area contributed by atoms with Crippen LogP contribution in [0.1, 0.15) is 32.6 Å². The summed E-state index contributed by atoms with van der Waals surface area (Å²) >= 11 is 0. The molecule has 0 fully saturated rings. The summed E-state index contributed by atoms with van der Waals surface area (Å²) in [4.78, 5) is 15.5. The Morgan fingerprint density at radius 1 is 0.971 bits per heavy atom. The lowest BCUT2D eigenvalue weighted by Gasteiger charge is -2.30. The second-order valence-electron chi connectivity index (χ2n) is 8.51. The number of allylic oxidation sites excluding steroid dienone is 1. The molecule has 180 valence electrons. The van der Waals surface area contributed by atoms with Crippen molar-refractivity contribution in [1.29, 1.82) is 0 Å². The van der Waals surface area contributed by atoms with Crippen molar-refractivity contribution < 1.29 is 28.5 Å². The minimum absolute atomic E-state index is 0.167. The van der Waals surface area contributed by atoms with Gasteiger partial charge in [0.2, 0.25) is 11.5 Å². The van der Waals surface area contributed by atoms with Gasteiger partial charge < -0.3 is 23.7 Å². The Labute approximate surface area is 204 Å². The van der Waals surface area contributed by atoms with Crippen LogP contribution in [0.15, 0.2) is 54.3 Å². The van der Waals surface area contributed by atoms with Gasteiger partial charge in [0, 0.05) is 24.2 Å². The molecule has 2 aliphatic heterocycles. The molecule has 7 heteroatoms. The highest BCUT2D eigenvalue weighted by Crippen LogP contribution is 2.44. The predicted octanol–water partition coefficient (Wildman–Crippen LogP) is 4.99. The number of hydrogen-bond donors (Lipinski definition) is 0. The van der Waals surface area contributed by atoms with Crippen LogP contribution >= 0.6 is 0 Å². The SMILES string of the molecule is COc1cc(/C=C2\Oc3c(cc4c(c3C)OCN(Cc3ccccc3)C4)C2=O)cc(OC)c1OC. The predicted molar refractivity (Wildman–Crippen MR) is 131 cm³/mol. The van der Waals surface area contributed by atoms with Crippen molar-refractivity contribution >= 4 is 11.9 Å². The molecular weight excluding hydrogens is 446 g/mol. The van der Waals surface area contributed by atoms with Gasteiger partial charge in [-0.25, -0.2) is 0 Å². The van der Waals surface area contributed by atoms with E-state index in [1.807, 2.05) is 31.2 Å². The molecule has 0 atom stereocenters. The molecule has 3 aromatic rings. The summed E-state index contributed by atoms with van der Waals surface area (Å²) in [6.45, 7) is 3.87. The van der Waals surface area contributed by atoms with Gasteiger partial charge in [-0.1, -0.05) is 30.3 Å². The van der Waals surface area contributed by atoms with Crippen LogP contribution in [0.25, 0.3) is 6.08 Å². The Morgan fingerprint density at radius 2 is 1.69 bits per heavy atom. The van der Waals surface area contributed by atoms with Gasteiger partial charge in [0.25, 0.3) is 0 Å². The van der Waals surface area contributed by atoms with Crippen molar-refractivity contribution in [2.24, 2.45) is 0 Å². The maximum Gasteiger partial charge on any atom is 0.231 e. The van der Waals surface area contributed by atoms with Crippen molar-refractivity contribution in [2.45, 2.75) is 20.0 Å². The Bertz CT molecular complexity index is 1290. The van der Waals surface area contributed by atoms with Crippen molar-refractivity contribution in [3.8, 4) is 28.7 Å². The Kier molecular flexibility index (Phi) is 6.09. The Hall–Kier alpha value is -3.97. The molecule has 0 bridgehead atoms. The topological polar surface area (TPSA) is 66.5 Å². The van der Waals surface area contributed by atoms with Crippen LogP contribution in [0.5, 0.6) is 28.7 Å². The number of benzene rings is 3. The molecule has 0 amide bonds. The van der Waals surface area contributed by atoms with Crippen molar-refractivity contribution in [3.05, 3.63) is 82.1 Å². The zero-order valence-corrected chi connectivity index (χ0v) is 20.2. The fraction of sp³-hybridized carbons (Fsp3) is 0.250. The molecule has 2 heterocycles. The van der Waals surface area contributed by atoms with Gasteiger partial charge in [-0.3, -0.25) is 9.69 Å². The van der Waals surface area contributed by atoms with Gasteiger partial charge >= 0.3 is 0 Å². The molecule has 0 aliphatic carbocycles. The number of hydrogen-bond acceptors (Lipinski definition) is 7. The maximum absolute atomic E-state index is 13.3. The Morgan fingerprint density at radius 3 is 2.34 bits per heavy atom. The molecule has 0 unspecified atom stereocenters. The largest absolute Gasteiger partial charge is 0.493 e. The minimum atomic E-state index is -0.167. The number of carbonyl (C=O) groups excluding carboxylic acids is 1. The number of carbonyl (C=O) groups is 1. The van der Waals surface area contributed by atoms with Crippen LogP contribution in [0.3, 0.4) is 0 Å². The summed E-state index contributed by atoms with van der Waals surface area (Å²) in [5, 5.41) is 0. The monoisotopic (exact) mass is 473 g/mol. The van der Waals surface area contributed by atoms with E-state index >= 15 is 0 Å². The quantitative estimate of drug-likeness (QED) is 0.467. The first-order valence-corrected chi connectivity index (χ1v) is 11.3. The van der Waals surface area contributed by atoms with E-state index in [0.29, 0.717) is 47.4 Å². The van der Waals surface area contributed by atoms with Gasteiger partial charge in [-0.2, -0.15) is 0 Å². The molecule has 0 spiro atoms. The highest BCUT2D eigenvalue weighted by atomic mass is 16.5. The van der Waals surface area contributed by atoms with E-state index in [4.69, 9.17) is 23.7 Å². The number of nitrogens with zero attached hydrogens (tertiary/aromatic N) is 1. The molecule has 35 heavy (non-hydrogen) atoms. The summed E-state index contributed by atoms with van der Waals surface area (Å²) in [6.07, 6.45) is 1.69. The van der Waals surface area contributed by atoms with Crippen LogP contribution in [0.2, 0.25) is 0 Å². The molecule has 5 rings (SSSR count). The number of rotatable bonds is 6. The first-order chi connectivity index (χ1) is 17.0. The normalized spacial score (nSPS) is 15.8. The second kappa shape index (κ2) is 9.35. The molecule has 3 aromatic carbocycles. The van der Waals surface area contributed by atoms with Gasteiger partial charge in [0.05, 0.1) is 26.9 Å². The minimum Gasteiger partial charge on any atom is -0.493 e. The zero-order valence-electron chi connectivity index (χ0n) is 20.2. The van der Waals surface area contributed by atoms with E-state index in [9.17, 15) is 4.79 Å². The molecule has 0 aromatic heterocycles. The number of ether oxygens (including phenoxy) is 5.